The number of aryl methyl sites for hydroxylation is 2. The van der Waals surface area contributed by atoms with Crippen molar-refractivity contribution in [2.75, 3.05) is 12.4 Å². The molecule has 33 heavy (non-hydrogen) atoms. The van der Waals surface area contributed by atoms with Crippen LogP contribution in [-0.4, -0.2) is 30.4 Å². The number of aromatic carboxylic acids is 1. The summed E-state index contributed by atoms with van der Waals surface area (Å²) in [6.45, 7) is 4.11. The molecule has 2 amide bonds. The van der Waals surface area contributed by atoms with Gasteiger partial charge in [-0.1, -0.05) is 18.2 Å². The second-order valence-corrected chi connectivity index (χ2v) is 7.41. The number of hydrogen-bond donors (Lipinski definition) is 3. The van der Waals surface area contributed by atoms with Crippen LogP contribution in [-0.2, 0) is 6.61 Å². The molecule has 0 spiro atoms. The number of nitrogens with zero attached hydrogens (tertiary/aromatic N) is 1. The van der Waals surface area contributed by atoms with E-state index in [1.807, 2.05) is 32.0 Å². The number of benzene rings is 3. The van der Waals surface area contributed by atoms with Crippen molar-refractivity contribution in [2.45, 2.75) is 20.5 Å². The van der Waals surface area contributed by atoms with Crippen LogP contribution in [0.25, 0.3) is 0 Å². The van der Waals surface area contributed by atoms with Gasteiger partial charge in [0.25, 0.3) is 0 Å². The number of methoxy groups -OCH3 is 1. The van der Waals surface area contributed by atoms with Crippen molar-refractivity contribution >= 4 is 23.9 Å². The van der Waals surface area contributed by atoms with Gasteiger partial charge in [0.2, 0.25) is 0 Å². The van der Waals surface area contributed by atoms with Crippen molar-refractivity contribution in [3.05, 3.63) is 88.5 Å². The van der Waals surface area contributed by atoms with Gasteiger partial charge in [0, 0.05) is 5.69 Å². The Morgan fingerprint density at radius 1 is 1.00 bits per heavy atom. The number of rotatable bonds is 8. The van der Waals surface area contributed by atoms with E-state index in [0.29, 0.717) is 22.7 Å². The molecule has 0 bridgehead atoms. The number of nitrogens with one attached hydrogen (secondary N) is 2. The number of urea groups is 1. The summed E-state index contributed by atoms with van der Waals surface area (Å²) >= 11 is 0. The molecule has 0 atom stereocenters. The molecule has 8 nitrogen and oxygen atoms in total. The van der Waals surface area contributed by atoms with E-state index in [-0.39, 0.29) is 12.2 Å². The van der Waals surface area contributed by atoms with E-state index in [0.717, 1.165) is 16.7 Å². The Labute approximate surface area is 191 Å². The predicted octanol–water partition coefficient (Wildman–Crippen LogP) is 4.74. The molecule has 0 aliphatic rings. The first-order valence-electron chi connectivity index (χ1n) is 10.2. The van der Waals surface area contributed by atoms with Gasteiger partial charge in [0.05, 0.1) is 18.9 Å². The molecule has 3 rings (SSSR count). The Hall–Kier alpha value is -4.33. The first-order valence-corrected chi connectivity index (χ1v) is 10.2. The average molecular weight is 447 g/mol. The summed E-state index contributed by atoms with van der Waals surface area (Å²) in [6.07, 6.45) is 1.49. The fourth-order valence-electron chi connectivity index (χ4n) is 3.21. The molecule has 0 radical (unpaired) electrons. The van der Waals surface area contributed by atoms with E-state index in [9.17, 15) is 9.59 Å². The van der Waals surface area contributed by atoms with Gasteiger partial charge in [0.15, 0.2) is 11.5 Å². The Kier molecular flexibility index (Phi) is 7.64. The van der Waals surface area contributed by atoms with Crippen LogP contribution in [0.5, 0.6) is 11.5 Å². The summed E-state index contributed by atoms with van der Waals surface area (Å²) in [6, 6.07) is 17.1. The van der Waals surface area contributed by atoms with Gasteiger partial charge in [-0.25, -0.2) is 15.0 Å². The van der Waals surface area contributed by atoms with Crippen molar-refractivity contribution in [1.82, 2.24) is 5.43 Å². The Bertz CT molecular complexity index is 1170. The molecule has 0 fully saturated rings. The zero-order chi connectivity index (χ0) is 23.8. The standard InChI is InChI=1S/C25H25N3O5/c1-16-9-17(2)11-21(10-16)27-25(31)28-26-14-18-7-8-22(23(13-18)32-3)33-15-19-5-4-6-20(12-19)24(29)30/h4-14H,15H2,1-3H3,(H,29,30)(H2,27,28,31)/b26-14+. The third kappa shape index (κ3) is 6.83. The highest BCUT2D eigenvalue weighted by Gasteiger charge is 2.08. The maximum Gasteiger partial charge on any atom is 0.339 e. The number of carbonyl (C=O) groups excluding carboxylic acids is 1. The number of hydrogen-bond acceptors (Lipinski definition) is 5. The highest BCUT2D eigenvalue weighted by atomic mass is 16.5. The lowest BCUT2D eigenvalue weighted by molar-refractivity contribution is 0.0696. The van der Waals surface area contributed by atoms with Crippen molar-refractivity contribution in [1.29, 1.82) is 0 Å². The van der Waals surface area contributed by atoms with Crippen LogP contribution in [0, 0.1) is 13.8 Å². The van der Waals surface area contributed by atoms with Crippen LogP contribution >= 0.6 is 0 Å². The number of carboxylic acid groups (broad SMARTS) is 1. The van der Waals surface area contributed by atoms with Gasteiger partial charge in [-0.15, -0.1) is 0 Å². The minimum Gasteiger partial charge on any atom is -0.493 e. The van der Waals surface area contributed by atoms with Gasteiger partial charge in [-0.05, 0) is 78.6 Å². The number of anilines is 1. The summed E-state index contributed by atoms with van der Waals surface area (Å²) in [7, 11) is 1.52. The lowest BCUT2D eigenvalue weighted by Gasteiger charge is -2.11. The van der Waals surface area contributed by atoms with E-state index >= 15 is 0 Å². The monoisotopic (exact) mass is 447 g/mol. The number of carboxylic acids is 1. The molecular formula is C25H25N3O5. The molecule has 0 saturated heterocycles. The molecule has 0 heterocycles. The number of carbonyl (C=O) groups is 2. The maximum absolute atomic E-state index is 12.1. The fourth-order valence-corrected chi connectivity index (χ4v) is 3.21. The van der Waals surface area contributed by atoms with Crippen LogP contribution in [0.1, 0.15) is 32.6 Å². The van der Waals surface area contributed by atoms with E-state index in [1.165, 1.54) is 19.4 Å². The minimum atomic E-state index is -0.991. The first kappa shape index (κ1) is 23.3. The maximum atomic E-state index is 12.1. The summed E-state index contributed by atoms with van der Waals surface area (Å²) in [5.74, 6) is -0.0155. The summed E-state index contributed by atoms with van der Waals surface area (Å²) in [5, 5.41) is 15.8. The Morgan fingerprint density at radius 2 is 1.76 bits per heavy atom. The van der Waals surface area contributed by atoms with Crippen molar-refractivity contribution in [2.24, 2.45) is 5.10 Å². The molecule has 0 saturated carbocycles. The summed E-state index contributed by atoms with van der Waals surface area (Å²) in [4.78, 5) is 23.2. The quantitative estimate of drug-likeness (QED) is 0.341. The van der Waals surface area contributed by atoms with E-state index < -0.39 is 12.0 Å². The largest absolute Gasteiger partial charge is 0.493 e. The van der Waals surface area contributed by atoms with Gasteiger partial charge in [-0.2, -0.15) is 5.10 Å². The Balaban J connectivity index is 1.59. The smallest absolute Gasteiger partial charge is 0.339 e. The zero-order valence-corrected chi connectivity index (χ0v) is 18.6. The summed E-state index contributed by atoms with van der Waals surface area (Å²) in [5.41, 5.74) is 6.84. The SMILES string of the molecule is COc1cc(/C=N/NC(=O)Nc2cc(C)cc(C)c2)ccc1OCc1cccc(C(=O)O)c1. The highest BCUT2D eigenvalue weighted by molar-refractivity contribution is 5.90. The molecule has 170 valence electrons. The average Bonchev–Trinajstić information content (AvgIpc) is 2.77. The van der Waals surface area contributed by atoms with Gasteiger partial charge in [-0.3, -0.25) is 0 Å². The molecule has 0 aromatic heterocycles. The third-order valence-electron chi connectivity index (χ3n) is 4.62. The summed E-state index contributed by atoms with van der Waals surface area (Å²) < 4.78 is 11.2. The molecule has 0 aliphatic heterocycles. The second kappa shape index (κ2) is 10.8. The molecule has 3 N–H and O–H groups in total. The first-order chi connectivity index (χ1) is 15.8. The number of amides is 2. The van der Waals surface area contributed by atoms with Crippen LogP contribution in [0.3, 0.4) is 0 Å². The number of ether oxygens (including phenoxy) is 2. The van der Waals surface area contributed by atoms with Gasteiger partial charge >= 0.3 is 12.0 Å². The topological polar surface area (TPSA) is 109 Å². The third-order valence-corrected chi connectivity index (χ3v) is 4.62. The van der Waals surface area contributed by atoms with Crippen LogP contribution < -0.4 is 20.2 Å². The lowest BCUT2D eigenvalue weighted by atomic mass is 10.1. The van der Waals surface area contributed by atoms with Crippen LogP contribution in [0.2, 0.25) is 0 Å². The molecule has 0 unspecified atom stereocenters. The van der Waals surface area contributed by atoms with Gasteiger partial charge in [0.1, 0.15) is 6.61 Å². The van der Waals surface area contributed by atoms with Crippen molar-refractivity contribution < 1.29 is 24.2 Å². The number of hydrazone groups is 1. The fraction of sp³-hybridized carbons (Fsp3) is 0.160. The minimum absolute atomic E-state index is 0.186. The van der Waals surface area contributed by atoms with E-state index in [4.69, 9.17) is 14.6 Å². The molecule has 0 aliphatic carbocycles. The highest BCUT2D eigenvalue weighted by Crippen LogP contribution is 2.28. The Morgan fingerprint density at radius 3 is 2.45 bits per heavy atom. The molecule has 8 heteroatoms. The van der Waals surface area contributed by atoms with Gasteiger partial charge < -0.3 is 19.9 Å². The van der Waals surface area contributed by atoms with E-state index in [2.05, 4.69) is 15.8 Å². The van der Waals surface area contributed by atoms with Crippen molar-refractivity contribution in [3.63, 3.8) is 0 Å². The second-order valence-electron chi connectivity index (χ2n) is 7.41. The lowest BCUT2D eigenvalue weighted by Crippen LogP contribution is -2.24. The van der Waals surface area contributed by atoms with Crippen LogP contribution in [0.15, 0.2) is 65.8 Å². The molecular weight excluding hydrogens is 422 g/mol. The zero-order valence-electron chi connectivity index (χ0n) is 18.6. The van der Waals surface area contributed by atoms with E-state index in [1.54, 1.807) is 36.4 Å². The normalized spacial score (nSPS) is 10.6. The molecule has 3 aromatic carbocycles. The van der Waals surface area contributed by atoms with Crippen molar-refractivity contribution in [3.8, 4) is 11.5 Å². The predicted molar refractivity (Wildman–Crippen MR) is 126 cm³/mol. The molecule has 3 aromatic rings. The van der Waals surface area contributed by atoms with Crippen LogP contribution in [0.4, 0.5) is 10.5 Å².